The molecule has 96 valence electrons. The van der Waals surface area contributed by atoms with Gasteiger partial charge in [-0.3, -0.25) is 0 Å². The van der Waals surface area contributed by atoms with Crippen LogP contribution in [0, 0.1) is 0 Å². The van der Waals surface area contributed by atoms with Crippen LogP contribution in [0.3, 0.4) is 0 Å². The topological polar surface area (TPSA) is 21.3 Å². The smallest absolute Gasteiger partial charge is 0.124 e. The standard InChI is InChI=1S/C15H25NO/c1-6-12(2)17-14-10-8-7-9-13(14)11-16-15(3,4)5/h7-10,12,16H,6,11H2,1-5H3. The van der Waals surface area contributed by atoms with Gasteiger partial charge in [-0.05, 0) is 40.2 Å². The Bertz CT molecular complexity index is 341. The average Bonchev–Trinajstić information content (AvgIpc) is 2.26. The maximum atomic E-state index is 5.92. The minimum Gasteiger partial charge on any atom is -0.490 e. The summed E-state index contributed by atoms with van der Waals surface area (Å²) in [5.74, 6) is 0.999. The molecule has 0 saturated heterocycles. The van der Waals surface area contributed by atoms with Crippen molar-refractivity contribution in [3.63, 3.8) is 0 Å². The molecule has 0 aliphatic rings. The van der Waals surface area contributed by atoms with E-state index in [2.05, 4.69) is 52.1 Å². The van der Waals surface area contributed by atoms with Gasteiger partial charge in [0, 0.05) is 17.6 Å². The quantitative estimate of drug-likeness (QED) is 0.839. The molecule has 1 rings (SSSR count). The molecule has 0 aliphatic carbocycles. The normalized spacial score (nSPS) is 13.5. The first-order valence-electron chi connectivity index (χ1n) is 6.42. The van der Waals surface area contributed by atoms with E-state index in [9.17, 15) is 0 Å². The molecule has 1 aromatic carbocycles. The van der Waals surface area contributed by atoms with E-state index >= 15 is 0 Å². The van der Waals surface area contributed by atoms with Crippen molar-refractivity contribution in [3.8, 4) is 5.75 Å². The number of benzene rings is 1. The molecule has 0 radical (unpaired) electrons. The van der Waals surface area contributed by atoms with E-state index < -0.39 is 0 Å². The Hall–Kier alpha value is -1.02. The van der Waals surface area contributed by atoms with Gasteiger partial charge in [-0.25, -0.2) is 0 Å². The Balaban J connectivity index is 2.70. The Morgan fingerprint density at radius 2 is 1.88 bits per heavy atom. The molecule has 1 aromatic rings. The van der Waals surface area contributed by atoms with Crippen molar-refractivity contribution >= 4 is 0 Å². The monoisotopic (exact) mass is 235 g/mol. The minimum atomic E-state index is 0.128. The number of para-hydroxylation sites is 1. The first-order valence-corrected chi connectivity index (χ1v) is 6.42. The highest BCUT2D eigenvalue weighted by atomic mass is 16.5. The third kappa shape index (κ3) is 5.22. The zero-order valence-corrected chi connectivity index (χ0v) is 11.7. The number of nitrogens with one attached hydrogen (secondary N) is 1. The van der Waals surface area contributed by atoms with Gasteiger partial charge in [0.2, 0.25) is 0 Å². The van der Waals surface area contributed by atoms with Gasteiger partial charge in [0.05, 0.1) is 6.10 Å². The Kier molecular flexibility index (Phi) is 5.01. The number of ether oxygens (including phenoxy) is 1. The lowest BCUT2D eigenvalue weighted by molar-refractivity contribution is 0.214. The molecular formula is C15H25NO. The van der Waals surface area contributed by atoms with Gasteiger partial charge in [0.15, 0.2) is 0 Å². The van der Waals surface area contributed by atoms with E-state index in [4.69, 9.17) is 4.74 Å². The molecular weight excluding hydrogens is 210 g/mol. The van der Waals surface area contributed by atoms with Gasteiger partial charge < -0.3 is 10.1 Å². The van der Waals surface area contributed by atoms with Gasteiger partial charge in [-0.15, -0.1) is 0 Å². The van der Waals surface area contributed by atoms with E-state index in [0.717, 1.165) is 18.7 Å². The minimum absolute atomic E-state index is 0.128. The molecule has 2 nitrogen and oxygen atoms in total. The van der Waals surface area contributed by atoms with Gasteiger partial charge in [-0.1, -0.05) is 25.1 Å². The van der Waals surface area contributed by atoms with E-state index in [1.54, 1.807) is 0 Å². The predicted molar refractivity (Wildman–Crippen MR) is 73.4 cm³/mol. The summed E-state index contributed by atoms with van der Waals surface area (Å²) in [5, 5.41) is 3.49. The highest BCUT2D eigenvalue weighted by Gasteiger charge is 2.11. The molecule has 0 heterocycles. The van der Waals surface area contributed by atoms with Crippen LogP contribution in [0.25, 0.3) is 0 Å². The van der Waals surface area contributed by atoms with Crippen LogP contribution in [-0.4, -0.2) is 11.6 Å². The summed E-state index contributed by atoms with van der Waals surface area (Å²) in [6.07, 6.45) is 1.30. The van der Waals surface area contributed by atoms with Crippen molar-refractivity contribution in [2.75, 3.05) is 0 Å². The van der Waals surface area contributed by atoms with Crippen LogP contribution < -0.4 is 10.1 Å². The maximum Gasteiger partial charge on any atom is 0.124 e. The molecule has 0 fully saturated rings. The van der Waals surface area contributed by atoms with E-state index in [1.807, 2.05) is 12.1 Å². The molecule has 0 amide bonds. The average molecular weight is 235 g/mol. The van der Waals surface area contributed by atoms with Crippen LogP contribution >= 0.6 is 0 Å². The van der Waals surface area contributed by atoms with Crippen LogP contribution in [0.15, 0.2) is 24.3 Å². The summed E-state index contributed by atoms with van der Waals surface area (Å²) in [4.78, 5) is 0. The first-order chi connectivity index (χ1) is 7.92. The highest BCUT2D eigenvalue weighted by Crippen LogP contribution is 2.20. The van der Waals surface area contributed by atoms with Crippen molar-refractivity contribution in [1.82, 2.24) is 5.32 Å². The zero-order valence-electron chi connectivity index (χ0n) is 11.7. The van der Waals surface area contributed by atoms with Crippen molar-refractivity contribution in [3.05, 3.63) is 29.8 Å². The molecule has 2 heteroatoms. The van der Waals surface area contributed by atoms with Crippen LogP contribution in [-0.2, 0) is 6.54 Å². The maximum absolute atomic E-state index is 5.92. The lowest BCUT2D eigenvalue weighted by atomic mass is 10.1. The highest BCUT2D eigenvalue weighted by molar-refractivity contribution is 5.33. The molecule has 0 spiro atoms. The zero-order chi connectivity index (χ0) is 12.9. The summed E-state index contributed by atoms with van der Waals surface area (Å²) < 4.78 is 5.92. The van der Waals surface area contributed by atoms with Crippen molar-refractivity contribution in [1.29, 1.82) is 0 Å². The predicted octanol–water partition coefficient (Wildman–Crippen LogP) is 3.75. The van der Waals surface area contributed by atoms with Crippen molar-refractivity contribution in [2.24, 2.45) is 0 Å². The fraction of sp³-hybridized carbons (Fsp3) is 0.600. The molecule has 1 N–H and O–H groups in total. The summed E-state index contributed by atoms with van der Waals surface area (Å²) >= 11 is 0. The van der Waals surface area contributed by atoms with Gasteiger partial charge in [0.25, 0.3) is 0 Å². The third-order valence-electron chi connectivity index (χ3n) is 2.68. The van der Waals surface area contributed by atoms with Crippen LogP contribution in [0.2, 0.25) is 0 Å². The number of rotatable bonds is 5. The Morgan fingerprint density at radius 3 is 2.47 bits per heavy atom. The largest absolute Gasteiger partial charge is 0.490 e. The summed E-state index contributed by atoms with van der Waals surface area (Å²) in [5.41, 5.74) is 1.35. The fourth-order valence-electron chi connectivity index (χ4n) is 1.43. The SMILES string of the molecule is CCC(C)Oc1ccccc1CNC(C)(C)C. The second kappa shape index (κ2) is 6.06. The molecule has 0 bridgehead atoms. The van der Waals surface area contributed by atoms with Crippen LogP contribution in [0.1, 0.15) is 46.6 Å². The fourth-order valence-corrected chi connectivity index (χ4v) is 1.43. The summed E-state index contributed by atoms with van der Waals surface area (Å²) in [6.45, 7) is 11.6. The van der Waals surface area contributed by atoms with Crippen LogP contribution in [0.5, 0.6) is 5.75 Å². The molecule has 0 aliphatic heterocycles. The summed E-state index contributed by atoms with van der Waals surface area (Å²) in [7, 11) is 0. The third-order valence-corrected chi connectivity index (χ3v) is 2.68. The second-order valence-corrected chi connectivity index (χ2v) is 5.55. The molecule has 1 atom stereocenters. The lowest BCUT2D eigenvalue weighted by Crippen LogP contribution is -2.35. The first kappa shape index (κ1) is 14.0. The van der Waals surface area contributed by atoms with Gasteiger partial charge in [-0.2, -0.15) is 0 Å². The summed E-state index contributed by atoms with van der Waals surface area (Å²) in [6, 6.07) is 8.25. The molecule has 1 unspecified atom stereocenters. The van der Waals surface area contributed by atoms with Crippen LogP contribution in [0.4, 0.5) is 0 Å². The van der Waals surface area contributed by atoms with Crippen molar-refractivity contribution < 1.29 is 4.74 Å². The Labute approximate surface area is 105 Å². The lowest BCUT2D eigenvalue weighted by Gasteiger charge is -2.22. The number of hydrogen-bond donors (Lipinski definition) is 1. The van der Waals surface area contributed by atoms with Gasteiger partial charge >= 0.3 is 0 Å². The van der Waals surface area contributed by atoms with Crippen molar-refractivity contribution in [2.45, 2.75) is 59.2 Å². The van der Waals surface area contributed by atoms with E-state index in [-0.39, 0.29) is 11.6 Å². The van der Waals surface area contributed by atoms with E-state index in [0.29, 0.717) is 0 Å². The Morgan fingerprint density at radius 1 is 1.24 bits per heavy atom. The molecule has 0 saturated carbocycles. The number of hydrogen-bond acceptors (Lipinski definition) is 2. The van der Waals surface area contributed by atoms with E-state index in [1.165, 1.54) is 5.56 Å². The molecule has 17 heavy (non-hydrogen) atoms. The molecule has 0 aromatic heterocycles. The van der Waals surface area contributed by atoms with Gasteiger partial charge in [0.1, 0.15) is 5.75 Å². The second-order valence-electron chi connectivity index (χ2n) is 5.55.